The van der Waals surface area contributed by atoms with Crippen molar-refractivity contribution in [1.29, 1.82) is 0 Å². The Labute approximate surface area is 157 Å². The van der Waals surface area contributed by atoms with Gasteiger partial charge < -0.3 is 9.64 Å². The van der Waals surface area contributed by atoms with Crippen LogP contribution in [0.3, 0.4) is 0 Å². The van der Waals surface area contributed by atoms with Crippen LogP contribution in [0.15, 0.2) is 60.8 Å². The number of amides is 1. The van der Waals surface area contributed by atoms with Gasteiger partial charge >= 0.3 is 0 Å². The lowest BCUT2D eigenvalue weighted by atomic mass is 10.1. The molecule has 4 rings (SSSR count). The molecule has 1 amide bonds. The molecule has 1 fully saturated rings. The van der Waals surface area contributed by atoms with Crippen LogP contribution in [0.1, 0.15) is 23.3 Å². The second kappa shape index (κ2) is 7.34. The Morgan fingerprint density at radius 1 is 1.04 bits per heavy atom. The highest BCUT2D eigenvalue weighted by atomic mass is 35.5. The lowest BCUT2D eigenvalue weighted by molar-refractivity contribution is 0.0592. The van der Waals surface area contributed by atoms with Crippen molar-refractivity contribution in [2.24, 2.45) is 0 Å². The molecule has 0 aliphatic carbocycles. The Morgan fingerprint density at radius 2 is 1.77 bits per heavy atom. The SMILES string of the molecule is O=C(c1nccc2ccccc12)N1CCC(Oc2ccc(Cl)cc2)CC1. The third kappa shape index (κ3) is 3.51. The summed E-state index contributed by atoms with van der Waals surface area (Å²) >= 11 is 5.90. The molecule has 0 unspecified atom stereocenters. The minimum atomic E-state index is -0.00765. The molecule has 0 atom stereocenters. The van der Waals surface area contributed by atoms with Gasteiger partial charge in [-0.05, 0) is 35.7 Å². The number of carbonyl (C=O) groups is 1. The Morgan fingerprint density at radius 3 is 2.54 bits per heavy atom. The molecule has 1 aromatic heterocycles. The smallest absolute Gasteiger partial charge is 0.273 e. The van der Waals surface area contributed by atoms with Gasteiger partial charge in [0.1, 0.15) is 17.5 Å². The number of rotatable bonds is 3. The van der Waals surface area contributed by atoms with Crippen LogP contribution in [0, 0.1) is 0 Å². The predicted octanol–water partition coefficient (Wildman–Crippen LogP) is 4.57. The van der Waals surface area contributed by atoms with Crippen LogP contribution in [0.4, 0.5) is 0 Å². The lowest BCUT2D eigenvalue weighted by Gasteiger charge is -2.32. The Balaban J connectivity index is 1.42. The van der Waals surface area contributed by atoms with E-state index < -0.39 is 0 Å². The van der Waals surface area contributed by atoms with Gasteiger partial charge in [-0.3, -0.25) is 9.78 Å². The van der Waals surface area contributed by atoms with Crippen molar-refractivity contribution in [3.05, 3.63) is 71.5 Å². The monoisotopic (exact) mass is 366 g/mol. The standard InChI is InChI=1S/C21H19ClN2O2/c22-16-5-7-17(8-6-16)26-18-10-13-24(14-11-18)21(25)20-19-4-2-1-3-15(19)9-12-23-20/h1-9,12,18H,10-11,13-14H2. The highest BCUT2D eigenvalue weighted by Gasteiger charge is 2.26. The first kappa shape index (κ1) is 16.9. The molecular weight excluding hydrogens is 348 g/mol. The summed E-state index contributed by atoms with van der Waals surface area (Å²) in [6.45, 7) is 1.34. The number of ether oxygens (including phenoxy) is 1. The molecule has 0 bridgehead atoms. The number of nitrogens with zero attached hydrogens (tertiary/aromatic N) is 2. The molecule has 0 radical (unpaired) electrons. The molecule has 1 saturated heterocycles. The number of carbonyl (C=O) groups excluding carboxylic acids is 1. The van der Waals surface area contributed by atoms with Crippen LogP contribution in [-0.2, 0) is 0 Å². The zero-order chi connectivity index (χ0) is 17.9. The molecule has 0 saturated carbocycles. The molecule has 132 valence electrons. The van der Waals surface area contributed by atoms with E-state index in [-0.39, 0.29) is 12.0 Å². The van der Waals surface area contributed by atoms with Gasteiger partial charge in [-0.1, -0.05) is 35.9 Å². The van der Waals surface area contributed by atoms with Crippen molar-refractivity contribution in [1.82, 2.24) is 9.88 Å². The van der Waals surface area contributed by atoms with Crippen LogP contribution in [0.25, 0.3) is 10.8 Å². The minimum Gasteiger partial charge on any atom is -0.490 e. The summed E-state index contributed by atoms with van der Waals surface area (Å²) in [6, 6.07) is 17.2. The van der Waals surface area contributed by atoms with Crippen LogP contribution in [0.5, 0.6) is 5.75 Å². The first-order valence-corrected chi connectivity index (χ1v) is 9.14. The second-order valence-corrected chi connectivity index (χ2v) is 6.88. The van der Waals surface area contributed by atoms with E-state index in [0.29, 0.717) is 23.8 Å². The van der Waals surface area contributed by atoms with E-state index in [1.807, 2.05) is 59.5 Å². The number of benzene rings is 2. The Bertz CT molecular complexity index is 913. The Hall–Kier alpha value is -2.59. The van der Waals surface area contributed by atoms with E-state index in [2.05, 4.69) is 4.98 Å². The van der Waals surface area contributed by atoms with Gasteiger partial charge in [0.15, 0.2) is 0 Å². The minimum absolute atomic E-state index is 0.00765. The summed E-state index contributed by atoms with van der Waals surface area (Å²) in [7, 11) is 0. The molecule has 2 aromatic carbocycles. The van der Waals surface area contributed by atoms with Gasteiger partial charge in [0.05, 0.1) is 0 Å². The van der Waals surface area contributed by atoms with Crippen molar-refractivity contribution in [2.75, 3.05) is 13.1 Å². The molecule has 2 heterocycles. The molecule has 0 N–H and O–H groups in total. The zero-order valence-electron chi connectivity index (χ0n) is 14.3. The van der Waals surface area contributed by atoms with E-state index in [0.717, 1.165) is 29.4 Å². The van der Waals surface area contributed by atoms with Gasteiger partial charge in [0.25, 0.3) is 5.91 Å². The van der Waals surface area contributed by atoms with Crippen LogP contribution >= 0.6 is 11.6 Å². The Kier molecular flexibility index (Phi) is 4.76. The van der Waals surface area contributed by atoms with E-state index in [1.165, 1.54) is 0 Å². The predicted molar refractivity (Wildman–Crippen MR) is 103 cm³/mol. The number of piperidine rings is 1. The average molecular weight is 367 g/mol. The van der Waals surface area contributed by atoms with Crippen molar-refractivity contribution >= 4 is 28.3 Å². The quantitative estimate of drug-likeness (QED) is 0.681. The molecular formula is C21H19ClN2O2. The van der Waals surface area contributed by atoms with Crippen molar-refractivity contribution < 1.29 is 9.53 Å². The topological polar surface area (TPSA) is 42.4 Å². The maximum Gasteiger partial charge on any atom is 0.273 e. The summed E-state index contributed by atoms with van der Waals surface area (Å²) in [5, 5.41) is 2.63. The summed E-state index contributed by atoms with van der Waals surface area (Å²) in [5.74, 6) is 0.807. The van der Waals surface area contributed by atoms with Crippen molar-refractivity contribution in [3.63, 3.8) is 0 Å². The third-order valence-electron chi connectivity index (χ3n) is 4.72. The molecule has 0 spiro atoms. The number of halogens is 1. The number of aromatic nitrogens is 1. The zero-order valence-corrected chi connectivity index (χ0v) is 15.0. The van der Waals surface area contributed by atoms with Crippen molar-refractivity contribution in [2.45, 2.75) is 18.9 Å². The highest BCUT2D eigenvalue weighted by Crippen LogP contribution is 2.23. The van der Waals surface area contributed by atoms with E-state index in [1.54, 1.807) is 6.20 Å². The van der Waals surface area contributed by atoms with E-state index in [9.17, 15) is 4.79 Å². The van der Waals surface area contributed by atoms with Crippen LogP contribution in [-0.4, -0.2) is 35.0 Å². The van der Waals surface area contributed by atoms with Gasteiger partial charge in [-0.15, -0.1) is 0 Å². The fourth-order valence-electron chi connectivity index (χ4n) is 3.32. The first-order chi connectivity index (χ1) is 12.7. The van der Waals surface area contributed by atoms with Gasteiger partial charge in [0.2, 0.25) is 0 Å². The molecule has 4 nitrogen and oxygen atoms in total. The second-order valence-electron chi connectivity index (χ2n) is 6.44. The summed E-state index contributed by atoms with van der Waals surface area (Å²) in [6.07, 6.45) is 3.42. The number of likely N-dealkylation sites (tertiary alicyclic amines) is 1. The summed E-state index contributed by atoms with van der Waals surface area (Å²) in [4.78, 5) is 19.1. The van der Waals surface area contributed by atoms with Crippen LogP contribution in [0.2, 0.25) is 5.02 Å². The third-order valence-corrected chi connectivity index (χ3v) is 4.97. The molecule has 5 heteroatoms. The molecule has 1 aliphatic heterocycles. The van der Waals surface area contributed by atoms with E-state index in [4.69, 9.17) is 16.3 Å². The average Bonchev–Trinajstić information content (AvgIpc) is 2.69. The number of hydrogen-bond donors (Lipinski definition) is 0. The van der Waals surface area contributed by atoms with Crippen LogP contribution < -0.4 is 4.74 Å². The lowest BCUT2D eigenvalue weighted by Crippen LogP contribution is -2.42. The van der Waals surface area contributed by atoms with Gasteiger partial charge in [0, 0.05) is 42.5 Å². The fourth-order valence-corrected chi connectivity index (χ4v) is 3.45. The normalized spacial score (nSPS) is 15.2. The summed E-state index contributed by atoms with van der Waals surface area (Å²) in [5.41, 5.74) is 0.528. The number of pyridine rings is 1. The van der Waals surface area contributed by atoms with E-state index >= 15 is 0 Å². The fraction of sp³-hybridized carbons (Fsp3) is 0.238. The molecule has 1 aliphatic rings. The first-order valence-electron chi connectivity index (χ1n) is 8.76. The maximum absolute atomic E-state index is 12.9. The van der Waals surface area contributed by atoms with Gasteiger partial charge in [-0.25, -0.2) is 0 Å². The highest BCUT2D eigenvalue weighted by molar-refractivity contribution is 6.30. The molecule has 26 heavy (non-hydrogen) atoms. The maximum atomic E-state index is 12.9. The molecule has 3 aromatic rings. The largest absolute Gasteiger partial charge is 0.490 e. The number of fused-ring (bicyclic) bond motifs is 1. The van der Waals surface area contributed by atoms with Gasteiger partial charge in [-0.2, -0.15) is 0 Å². The summed E-state index contributed by atoms with van der Waals surface area (Å²) < 4.78 is 6.00. The van der Waals surface area contributed by atoms with Crippen molar-refractivity contribution in [3.8, 4) is 5.75 Å². The number of hydrogen-bond acceptors (Lipinski definition) is 3.